The molecule has 0 unspecified atom stereocenters. The Balaban J connectivity index is 1.79. The number of likely N-dealkylation sites (tertiary alicyclic amines) is 1. The molecule has 82 valence electrons. The Labute approximate surface area is 85.6 Å². The summed E-state index contributed by atoms with van der Waals surface area (Å²) in [5.74, 6) is 0. The average molecular weight is 200 g/mol. The van der Waals surface area contributed by atoms with Crippen LogP contribution in [-0.4, -0.2) is 37.3 Å². The fourth-order valence-electron chi connectivity index (χ4n) is 2.64. The SMILES string of the molecule is NCC1(CN2CCC(F)CC2)CCC1. The summed E-state index contributed by atoms with van der Waals surface area (Å²) in [7, 11) is 0. The molecular formula is C11H21FN2. The number of alkyl halides is 1. The van der Waals surface area contributed by atoms with E-state index < -0.39 is 6.17 Å². The third kappa shape index (κ3) is 2.09. The molecular weight excluding hydrogens is 179 g/mol. The Hall–Kier alpha value is -0.150. The molecule has 0 amide bonds. The molecule has 1 aliphatic carbocycles. The largest absolute Gasteiger partial charge is 0.330 e. The van der Waals surface area contributed by atoms with Gasteiger partial charge in [-0.05, 0) is 37.6 Å². The van der Waals surface area contributed by atoms with E-state index in [4.69, 9.17) is 5.73 Å². The molecule has 2 aliphatic rings. The first-order valence-corrected chi connectivity index (χ1v) is 5.81. The highest BCUT2D eigenvalue weighted by Crippen LogP contribution is 2.40. The Morgan fingerprint density at radius 1 is 1.29 bits per heavy atom. The zero-order chi connectivity index (χ0) is 10.0. The summed E-state index contributed by atoms with van der Waals surface area (Å²) < 4.78 is 12.9. The molecule has 2 fully saturated rings. The van der Waals surface area contributed by atoms with Crippen LogP contribution in [0.5, 0.6) is 0 Å². The summed E-state index contributed by atoms with van der Waals surface area (Å²) in [5, 5.41) is 0. The van der Waals surface area contributed by atoms with Crippen molar-refractivity contribution in [1.29, 1.82) is 0 Å². The van der Waals surface area contributed by atoms with Gasteiger partial charge in [-0.1, -0.05) is 6.42 Å². The maximum atomic E-state index is 12.9. The fourth-order valence-corrected chi connectivity index (χ4v) is 2.64. The van der Waals surface area contributed by atoms with Crippen LogP contribution >= 0.6 is 0 Å². The van der Waals surface area contributed by atoms with E-state index in [-0.39, 0.29) is 0 Å². The maximum absolute atomic E-state index is 12.9. The van der Waals surface area contributed by atoms with E-state index in [0.29, 0.717) is 5.41 Å². The van der Waals surface area contributed by atoms with Gasteiger partial charge in [-0.15, -0.1) is 0 Å². The van der Waals surface area contributed by atoms with Gasteiger partial charge in [-0.2, -0.15) is 0 Å². The topological polar surface area (TPSA) is 29.3 Å². The molecule has 1 saturated heterocycles. The Morgan fingerprint density at radius 2 is 1.93 bits per heavy atom. The van der Waals surface area contributed by atoms with E-state index >= 15 is 0 Å². The van der Waals surface area contributed by atoms with Crippen LogP contribution in [0, 0.1) is 5.41 Å². The lowest BCUT2D eigenvalue weighted by atomic mass is 9.68. The van der Waals surface area contributed by atoms with E-state index in [1.165, 1.54) is 19.3 Å². The van der Waals surface area contributed by atoms with E-state index in [9.17, 15) is 4.39 Å². The minimum Gasteiger partial charge on any atom is -0.330 e. The van der Waals surface area contributed by atoms with Crippen molar-refractivity contribution in [2.45, 2.75) is 38.3 Å². The summed E-state index contributed by atoms with van der Waals surface area (Å²) in [6.45, 7) is 3.78. The van der Waals surface area contributed by atoms with Gasteiger partial charge in [-0.3, -0.25) is 0 Å². The number of hydrogen-bond acceptors (Lipinski definition) is 2. The predicted molar refractivity (Wildman–Crippen MR) is 55.9 cm³/mol. The second-order valence-electron chi connectivity index (χ2n) is 5.01. The predicted octanol–water partition coefficient (Wildman–Crippen LogP) is 1.55. The summed E-state index contributed by atoms with van der Waals surface area (Å²) in [5.41, 5.74) is 6.20. The second kappa shape index (κ2) is 4.15. The summed E-state index contributed by atoms with van der Waals surface area (Å²) in [4.78, 5) is 2.40. The molecule has 0 aromatic rings. The first-order valence-electron chi connectivity index (χ1n) is 5.81. The molecule has 0 bridgehead atoms. The van der Waals surface area contributed by atoms with Crippen LogP contribution in [0.2, 0.25) is 0 Å². The first-order chi connectivity index (χ1) is 6.74. The molecule has 2 nitrogen and oxygen atoms in total. The monoisotopic (exact) mass is 200 g/mol. The van der Waals surface area contributed by atoms with Gasteiger partial charge in [0.15, 0.2) is 0 Å². The molecule has 14 heavy (non-hydrogen) atoms. The molecule has 3 heteroatoms. The van der Waals surface area contributed by atoms with Gasteiger partial charge >= 0.3 is 0 Å². The molecule has 0 aromatic carbocycles. The lowest BCUT2D eigenvalue weighted by Gasteiger charge is -2.45. The molecule has 2 rings (SSSR count). The molecule has 1 heterocycles. The van der Waals surface area contributed by atoms with Gasteiger partial charge in [0.05, 0.1) is 0 Å². The van der Waals surface area contributed by atoms with Crippen molar-refractivity contribution in [1.82, 2.24) is 4.90 Å². The van der Waals surface area contributed by atoms with E-state index in [1.807, 2.05) is 0 Å². The summed E-state index contributed by atoms with van der Waals surface area (Å²) in [6.07, 6.45) is 4.78. The van der Waals surface area contributed by atoms with Crippen molar-refractivity contribution in [3.05, 3.63) is 0 Å². The Morgan fingerprint density at radius 3 is 2.36 bits per heavy atom. The van der Waals surface area contributed by atoms with Gasteiger partial charge in [0, 0.05) is 19.6 Å². The van der Waals surface area contributed by atoms with Crippen LogP contribution in [0.4, 0.5) is 4.39 Å². The number of rotatable bonds is 3. The average Bonchev–Trinajstić information content (AvgIpc) is 2.15. The molecule has 0 spiro atoms. The van der Waals surface area contributed by atoms with Crippen molar-refractivity contribution in [3.63, 3.8) is 0 Å². The molecule has 0 atom stereocenters. The minimum atomic E-state index is -0.554. The molecule has 1 saturated carbocycles. The lowest BCUT2D eigenvalue weighted by Crippen LogP contribution is -2.49. The van der Waals surface area contributed by atoms with Gasteiger partial charge < -0.3 is 10.6 Å². The van der Waals surface area contributed by atoms with E-state index in [1.54, 1.807) is 0 Å². The quantitative estimate of drug-likeness (QED) is 0.749. The molecule has 0 radical (unpaired) electrons. The third-order valence-electron chi connectivity index (χ3n) is 3.92. The van der Waals surface area contributed by atoms with Crippen molar-refractivity contribution < 1.29 is 4.39 Å². The highest BCUT2D eigenvalue weighted by molar-refractivity contribution is 4.92. The lowest BCUT2D eigenvalue weighted by molar-refractivity contribution is 0.0497. The van der Waals surface area contributed by atoms with Crippen molar-refractivity contribution in [2.24, 2.45) is 11.1 Å². The van der Waals surface area contributed by atoms with Gasteiger partial charge in [0.1, 0.15) is 6.17 Å². The van der Waals surface area contributed by atoms with Crippen LogP contribution in [0.3, 0.4) is 0 Å². The van der Waals surface area contributed by atoms with E-state index in [2.05, 4.69) is 4.90 Å². The van der Waals surface area contributed by atoms with Crippen LogP contribution in [0.15, 0.2) is 0 Å². The standard InChI is InChI=1S/C11H21FN2/c12-10-2-6-14(7-3-10)9-11(8-13)4-1-5-11/h10H,1-9,13H2. The highest BCUT2D eigenvalue weighted by Gasteiger charge is 2.37. The van der Waals surface area contributed by atoms with Gasteiger partial charge in [-0.25, -0.2) is 4.39 Å². The highest BCUT2D eigenvalue weighted by atomic mass is 19.1. The Bertz CT molecular complexity index is 178. The number of hydrogen-bond donors (Lipinski definition) is 1. The van der Waals surface area contributed by atoms with E-state index in [0.717, 1.165) is 39.0 Å². The summed E-state index contributed by atoms with van der Waals surface area (Å²) in [6, 6.07) is 0. The maximum Gasteiger partial charge on any atom is 0.103 e. The van der Waals surface area contributed by atoms with Gasteiger partial charge in [0.2, 0.25) is 0 Å². The number of piperidine rings is 1. The summed E-state index contributed by atoms with van der Waals surface area (Å²) >= 11 is 0. The minimum absolute atomic E-state index is 0.392. The first kappa shape index (κ1) is 10.4. The smallest absolute Gasteiger partial charge is 0.103 e. The van der Waals surface area contributed by atoms with Crippen LogP contribution < -0.4 is 5.73 Å². The number of halogens is 1. The molecule has 0 aromatic heterocycles. The zero-order valence-electron chi connectivity index (χ0n) is 8.84. The second-order valence-corrected chi connectivity index (χ2v) is 5.01. The van der Waals surface area contributed by atoms with Crippen LogP contribution in [-0.2, 0) is 0 Å². The molecule has 1 aliphatic heterocycles. The third-order valence-corrected chi connectivity index (χ3v) is 3.92. The zero-order valence-corrected chi connectivity index (χ0v) is 8.84. The fraction of sp³-hybridized carbons (Fsp3) is 1.00. The number of nitrogens with zero attached hydrogens (tertiary/aromatic N) is 1. The van der Waals surface area contributed by atoms with Gasteiger partial charge in [0.25, 0.3) is 0 Å². The van der Waals surface area contributed by atoms with Crippen molar-refractivity contribution >= 4 is 0 Å². The van der Waals surface area contributed by atoms with Crippen molar-refractivity contribution in [3.8, 4) is 0 Å². The normalized spacial score (nSPS) is 28.7. The molecule has 2 N–H and O–H groups in total. The van der Waals surface area contributed by atoms with Crippen LogP contribution in [0.1, 0.15) is 32.1 Å². The van der Waals surface area contributed by atoms with Crippen LogP contribution in [0.25, 0.3) is 0 Å². The number of nitrogens with two attached hydrogens (primary N) is 1. The Kier molecular flexibility index (Phi) is 3.07. The van der Waals surface area contributed by atoms with Crippen molar-refractivity contribution in [2.75, 3.05) is 26.2 Å².